The van der Waals surface area contributed by atoms with Crippen molar-refractivity contribution < 1.29 is 13.2 Å². The number of nitrogens with one attached hydrogen (secondary N) is 1. The van der Waals surface area contributed by atoms with Crippen molar-refractivity contribution in [2.45, 2.75) is 19.0 Å². The van der Waals surface area contributed by atoms with E-state index in [-0.39, 0.29) is 0 Å². The molecular formula is C7H12F3N. The number of hydrogen-bond donors (Lipinski definition) is 1. The average Bonchev–Trinajstić information content (AvgIpc) is 1.85. The van der Waals surface area contributed by atoms with E-state index in [0.717, 1.165) is 6.42 Å². The molecule has 0 aromatic heterocycles. The molecule has 11 heavy (non-hydrogen) atoms. The highest BCUT2D eigenvalue weighted by molar-refractivity contribution is 4.66. The lowest BCUT2D eigenvalue weighted by Crippen LogP contribution is -2.29. The topological polar surface area (TPSA) is 12.0 Å². The molecule has 0 aliphatic heterocycles. The molecule has 0 unspecified atom stereocenters. The van der Waals surface area contributed by atoms with Gasteiger partial charge in [0.1, 0.15) is 0 Å². The summed E-state index contributed by atoms with van der Waals surface area (Å²) >= 11 is 0. The summed E-state index contributed by atoms with van der Waals surface area (Å²) in [4.78, 5) is 0. The molecule has 4 heteroatoms. The molecule has 1 nitrogen and oxygen atoms in total. The number of halogens is 3. The molecule has 0 spiro atoms. The first-order valence-electron chi connectivity index (χ1n) is 3.44. The molecular weight excluding hydrogens is 155 g/mol. The minimum Gasteiger partial charge on any atom is -0.309 e. The van der Waals surface area contributed by atoms with Crippen LogP contribution < -0.4 is 5.32 Å². The molecule has 66 valence electrons. The Bertz CT molecular complexity index is 109. The van der Waals surface area contributed by atoms with Crippen LogP contribution in [-0.2, 0) is 0 Å². The minimum absolute atomic E-state index is 0.394. The van der Waals surface area contributed by atoms with E-state index in [1.165, 1.54) is 0 Å². The van der Waals surface area contributed by atoms with Crippen LogP contribution in [0, 0.1) is 0 Å². The summed E-state index contributed by atoms with van der Waals surface area (Å²) in [6, 6.07) is 0. The number of unbranched alkanes of at least 4 members (excludes halogenated alkanes) is 1. The van der Waals surface area contributed by atoms with E-state index in [2.05, 4.69) is 11.9 Å². The van der Waals surface area contributed by atoms with Crippen molar-refractivity contribution in [3.8, 4) is 0 Å². The number of hydrogen-bond acceptors (Lipinski definition) is 1. The monoisotopic (exact) mass is 167 g/mol. The molecule has 0 saturated carbocycles. The number of rotatable bonds is 5. The second-order valence-electron chi connectivity index (χ2n) is 2.22. The third-order valence-corrected chi connectivity index (χ3v) is 1.09. The predicted octanol–water partition coefficient (Wildman–Crippen LogP) is 2.10. The summed E-state index contributed by atoms with van der Waals surface area (Å²) in [5.74, 6) is 0. The first kappa shape index (κ1) is 10.5. The van der Waals surface area contributed by atoms with Gasteiger partial charge in [0, 0.05) is 0 Å². The second kappa shape index (κ2) is 5.18. The van der Waals surface area contributed by atoms with Crippen molar-refractivity contribution in [1.29, 1.82) is 0 Å². The van der Waals surface area contributed by atoms with E-state index >= 15 is 0 Å². The molecule has 0 rings (SSSR count). The lowest BCUT2D eigenvalue weighted by Gasteiger charge is -2.06. The Morgan fingerprint density at radius 1 is 1.36 bits per heavy atom. The van der Waals surface area contributed by atoms with Gasteiger partial charge >= 0.3 is 6.18 Å². The van der Waals surface area contributed by atoms with Gasteiger partial charge in [-0.05, 0) is 19.4 Å². The normalized spacial score (nSPS) is 11.5. The van der Waals surface area contributed by atoms with E-state index in [1.54, 1.807) is 6.08 Å². The van der Waals surface area contributed by atoms with Crippen molar-refractivity contribution in [3.63, 3.8) is 0 Å². The fourth-order valence-corrected chi connectivity index (χ4v) is 0.602. The Morgan fingerprint density at radius 3 is 2.45 bits per heavy atom. The van der Waals surface area contributed by atoms with E-state index in [0.29, 0.717) is 13.0 Å². The molecule has 0 radical (unpaired) electrons. The van der Waals surface area contributed by atoms with Gasteiger partial charge in [0.15, 0.2) is 0 Å². The molecule has 0 aromatic rings. The van der Waals surface area contributed by atoms with Crippen molar-refractivity contribution >= 4 is 0 Å². The van der Waals surface area contributed by atoms with E-state index in [1.807, 2.05) is 0 Å². The number of alkyl halides is 3. The van der Waals surface area contributed by atoms with Gasteiger partial charge in [0.2, 0.25) is 0 Å². The Hall–Kier alpha value is -0.510. The lowest BCUT2D eigenvalue weighted by atomic mass is 10.3. The van der Waals surface area contributed by atoms with Crippen LogP contribution in [0.3, 0.4) is 0 Å². The molecule has 0 amide bonds. The maximum Gasteiger partial charge on any atom is 0.401 e. The third kappa shape index (κ3) is 9.49. The van der Waals surface area contributed by atoms with Gasteiger partial charge < -0.3 is 5.32 Å². The molecule has 0 atom stereocenters. The maximum atomic E-state index is 11.5. The van der Waals surface area contributed by atoms with Crippen LogP contribution in [0.15, 0.2) is 12.7 Å². The van der Waals surface area contributed by atoms with Gasteiger partial charge in [0.25, 0.3) is 0 Å². The van der Waals surface area contributed by atoms with Gasteiger partial charge in [-0.2, -0.15) is 13.2 Å². The van der Waals surface area contributed by atoms with Crippen LogP contribution in [0.2, 0.25) is 0 Å². The highest BCUT2D eigenvalue weighted by Gasteiger charge is 2.25. The molecule has 0 heterocycles. The van der Waals surface area contributed by atoms with Crippen LogP contribution in [0.25, 0.3) is 0 Å². The summed E-state index contributed by atoms with van der Waals surface area (Å²) in [5, 5.41) is 2.29. The molecule has 0 aliphatic carbocycles. The largest absolute Gasteiger partial charge is 0.401 e. The smallest absolute Gasteiger partial charge is 0.309 e. The fourth-order valence-electron chi connectivity index (χ4n) is 0.602. The first-order chi connectivity index (χ1) is 5.06. The van der Waals surface area contributed by atoms with E-state index < -0.39 is 12.7 Å². The van der Waals surface area contributed by atoms with Crippen molar-refractivity contribution in [3.05, 3.63) is 12.7 Å². The standard InChI is InChI=1S/C7H12F3N/c1-2-3-4-5-11-6-7(8,9)10/h2,11H,1,3-6H2. The fraction of sp³-hybridized carbons (Fsp3) is 0.714. The Morgan fingerprint density at radius 2 is 2.00 bits per heavy atom. The first-order valence-corrected chi connectivity index (χ1v) is 3.44. The minimum atomic E-state index is -4.09. The zero-order chi connectivity index (χ0) is 8.74. The van der Waals surface area contributed by atoms with E-state index in [9.17, 15) is 13.2 Å². The van der Waals surface area contributed by atoms with Gasteiger partial charge in [-0.25, -0.2) is 0 Å². The Labute approximate surface area is 64.3 Å². The van der Waals surface area contributed by atoms with Crippen molar-refractivity contribution in [2.75, 3.05) is 13.1 Å². The Kier molecular flexibility index (Phi) is 4.94. The third-order valence-electron chi connectivity index (χ3n) is 1.09. The van der Waals surface area contributed by atoms with Crippen LogP contribution in [-0.4, -0.2) is 19.3 Å². The van der Waals surface area contributed by atoms with Gasteiger partial charge in [-0.3, -0.25) is 0 Å². The van der Waals surface area contributed by atoms with Crippen molar-refractivity contribution in [1.82, 2.24) is 5.32 Å². The van der Waals surface area contributed by atoms with Gasteiger partial charge in [0.05, 0.1) is 6.54 Å². The maximum absolute atomic E-state index is 11.5. The quantitative estimate of drug-likeness (QED) is 0.488. The van der Waals surface area contributed by atoms with Crippen LogP contribution in [0.1, 0.15) is 12.8 Å². The molecule has 0 fully saturated rings. The van der Waals surface area contributed by atoms with Gasteiger partial charge in [-0.1, -0.05) is 6.08 Å². The summed E-state index contributed by atoms with van der Waals surface area (Å²) < 4.78 is 34.4. The summed E-state index contributed by atoms with van der Waals surface area (Å²) in [6.07, 6.45) is -0.937. The van der Waals surface area contributed by atoms with Crippen molar-refractivity contribution in [2.24, 2.45) is 0 Å². The average molecular weight is 167 g/mol. The summed E-state index contributed by atoms with van der Waals surface area (Å²) in [5.41, 5.74) is 0. The molecule has 0 aliphatic rings. The molecule has 0 bridgehead atoms. The predicted molar refractivity (Wildman–Crippen MR) is 38.4 cm³/mol. The van der Waals surface area contributed by atoms with Crippen LogP contribution in [0.4, 0.5) is 13.2 Å². The van der Waals surface area contributed by atoms with Crippen LogP contribution in [0.5, 0.6) is 0 Å². The van der Waals surface area contributed by atoms with Crippen LogP contribution >= 0.6 is 0 Å². The highest BCUT2D eigenvalue weighted by atomic mass is 19.4. The zero-order valence-corrected chi connectivity index (χ0v) is 6.25. The molecule has 0 saturated heterocycles. The number of allylic oxidation sites excluding steroid dienone is 1. The van der Waals surface area contributed by atoms with E-state index in [4.69, 9.17) is 0 Å². The molecule has 1 N–H and O–H groups in total. The zero-order valence-electron chi connectivity index (χ0n) is 6.25. The molecule has 0 aromatic carbocycles. The summed E-state index contributed by atoms with van der Waals surface area (Å²) in [7, 11) is 0. The summed E-state index contributed by atoms with van der Waals surface area (Å²) in [6.45, 7) is 2.95. The SMILES string of the molecule is C=CCCCNCC(F)(F)F. The Balaban J connectivity index is 3.08. The lowest BCUT2D eigenvalue weighted by molar-refractivity contribution is -0.124. The van der Waals surface area contributed by atoms with Gasteiger partial charge in [-0.15, -0.1) is 6.58 Å². The second-order valence-corrected chi connectivity index (χ2v) is 2.22. The highest BCUT2D eigenvalue weighted by Crippen LogP contribution is 2.11.